The molecule has 0 aromatic heterocycles. The number of hydrogen-bond donors (Lipinski definition) is 2. The molecule has 0 saturated heterocycles. The maximum absolute atomic E-state index is 12.1. The SMILES string of the molecule is Cc1cc(I)ccc1NC(=S)NC(=O)c1ccccc1Cl. The number of thiocarbonyl (C=S) groups is 1. The smallest absolute Gasteiger partial charge is 0.258 e. The van der Waals surface area contributed by atoms with E-state index in [0.717, 1.165) is 14.8 Å². The fourth-order valence-corrected chi connectivity index (χ4v) is 2.81. The van der Waals surface area contributed by atoms with Gasteiger partial charge in [0, 0.05) is 9.26 Å². The van der Waals surface area contributed by atoms with Crippen LogP contribution in [0.3, 0.4) is 0 Å². The minimum Gasteiger partial charge on any atom is -0.332 e. The molecular formula is C15H12ClIN2OS. The summed E-state index contributed by atoms with van der Waals surface area (Å²) in [5.74, 6) is -0.332. The summed E-state index contributed by atoms with van der Waals surface area (Å²) in [4.78, 5) is 12.1. The maximum Gasteiger partial charge on any atom is 0.258 e. The first-order valence-electron chi connectivity index (χ1n) is 6.10. The second kappa shape index (κ2) is 7.20. The van der Waals surface area contributed by atoms with Crippen LogP contribution in [-0.4, -0.2) is 11.0 Å². The van der Waals surface area contributed by atoms with E-state index in [1.165, 1.54) is 0 Å². The number of rotatable bonds is 2. The zero-order valence-electron chi connectivity index (χ0n) is 11.1. The fraction of sp³-hybridized carbons (Fsp3) is 0.0667. The van der Waals surface area contributed by atoms with Crippen molar-refractivity contribution in [1.29, 1.82) is 0 Å². The van der Waals surface area contributed by atoms with E-state index in [2.05, 4.69) is 33.2 Å². The van der Waals surface area contributed by atoms with Gasteiger partial charge in [-0.3, -0.25) is 10.1 Å². The van der Waals surface area contributed by atoms with Gasteiger partial charge in [0.05, 0.1) is 10.6 Å². The van der Waals surface area contributed by atoms with E-state index >= 15 is 0 Å². The standard InChI is InChI=1S/C15H12ClIN2OS/c1-9-8-10(17)6-7-13(9)18-15(21)19-14(20)11-4-2-3-5-12(11)16/h2-8H,1H3,(H2,18,19,20,21). The third-order valence-electron chi connectivity index (χ3n) is 2.78. The van der Waals surface area contributed by atoms with Crippen LogP contribution >= 0.6 is 46.4 Å². The van der Waals surface area contributed by atoms with Gasteiger partial charge in [-0.25, -0.2) is 0 Å². The first kappa shape index (κ1) is 16.2. The highest BCUT2D eigenvalue weighted by atomic mass is 127. The number of aryl methyl sites for hydroxylation is 1. The van der Waals surface area contributed by atoms with Crippen molar-refractivity contribution in [3.8, 4) is 0 Å². The molecule has 0 bridgehead atoms. The molecule has 1 amide bonds. The summed E-state index contributed by atoms with van der Waals surface area (Å²) in [6.07, 6.45) is 0. The molecule has 0 aliphatic carbocycles. The lowest BCUT2D eigenvalue weighted by atomic mass is 10.2. The Labute approximate surface area is 147 Å². The third-order valence-corrected chi connectivity index (χ3v) is 3.99. The second-order valence-electron chi connectivity index (χ2n) is 4.35. The van der Waals surface area contributed by atoms with E-state index in [4.69, 9.17) is 23.8 Å². The molecule has 2 N–H and O–H groups in total. The molecule has 6 heteroatoms. The first-order chi connectivity index (χ1) is 9.97. The van der Waals surface area contributed by atoms with Gasteiger partial charge >= 0.3 is 0 Å². The molecular weight excluding hydrogens is 419 g/mol. The highest BCUT2D eigenvalue weighted by Gasteiger charge is 2.11. The Morgan fingerprint density at radius 3 is 2.62 bits per heavy atom. The van der Waals surface area contributed by atoms with E-state index < -0.39 is 0 Å². The van der Waals surface area contributed by atoms with Crippen LogP contribution in [0.1, 0.15) is 15.9 Å². The number of carbonyl (C=O) groups is 1. The predicted octanol–water partition coefficient (Wildman–Crippen LogP) is 4.38. The lowest BCUT2D eigenvalue weighted by Crippen LogP contribution is -2.34. The minimum atomic E-state index is -0.332. The predicted molar refractivity (Wildman–Crippen MR) is 99.0 cm³/mol. The average molecular weight is 431 g/mol. The molecule has 2 rings (SSSR count). The van der Waals surface area contributed by atoms with Gasteiger partial charge in [-0.1, -0.05) is 23.7 Å². The van der Waals surface area contributed by atoms with Crippen molar-refractivity contribution < 1.29 is 4.79 Å². The summed E-state index contributed by atoms with van der Waals surface area (Å²) in [5.41, 5.74) is 2.30. The van der Waals surface area contributed by atoms with Crippen molar-refractivity contribution in [2.75, 3.05) is 5.32 Å². The number of halogens is 2. The number of hydrogen-bond acceptors (Lipinski definition) is 2. The molecule has 21 heavy (non-hydrogen) atoms. The number of carbonyl (C=O) groups excluding carboxylic acids is 1. The average Bonchev–Trinajstić information content (AvgIpc) is 2.42. The number of nitrogens with one attached hydrogen (secondary N) is 2. The van der Waals surface area contributed by atoms with Crippen molar-refractivity contribution in [3.63, 3.8) is 0 Å². The van der Waals surface area contributed by atoms with E-state index in [0.29, 0.717) is 10.6 Å². The Balaban J connectivity index is 2.05. The largest absolute Gasteiger partial charge is 0.332 e. The number of benzene rings is 2. The summed E-state index contributed by atoms with van der Waals surface area (Å²) < 4.78 is 1.14. The molecule has 0 atom stereocenters. The summed E-state index contributed by atoms with van der Waals surface area (Å²) >= 11 is 13.4. The van der Waals surface area contributed by atoms with Gasteiger partial charge in [0.1, 0.15) is 0 Å². The highest BCUT2D eigenvalue weighted by Crippen LogP contribution is 2.18. The normalized spacial score (nSPS) is 10.0. The van der Waals surface area contributed by atoms with Crippen molar-refractivity contribution in [2.45, 2.75) is 6.92 Å². The first-order valence-corrected chi connectivity index (χ1v) is 7.97. The Morgan fingerprint density at radius 1 is 1.24 bits per heavy atom. The van der Waals surface area contributed by atoms with Gasteiger partial charge in [-0.05, 0) is 77.6 Å². The van der Waals surface area contributed by atoms with Crippen molar-refractivity contribution in [3.05, 3.63) is 62.2 Å². The Hall–Kier alpha value is -1.18. The minimum absolute atomic E-state index is 0.240. The van der Waals surface area contributed by atoms with Crippen LogP contribution < -0.4 is 10.6 Å². The Morgan fingerprint density at radius 2 is 1.95 bits per heavy atom. The summed E-state index contributed by atoms with van der Waals surface area (Å²) in [6.45, 7) is 1.98. The zero-order chi connectivity index (χ0) is 15.4. The van der Waals surface area contributed by atoms with Crippen molar-refractivity contribution in [1.82, 2.24) is 5.32 Å². The summed E-state index contributed by atoms with van der Waals surface area (Å²) in [6, 6.07) is 12.7. The van der Waals surface area contributed by atoms with Gasteiger partial charge in [-0.2, -0.15) is 0 Å². The molecule has 0 aliphatic rings. The summed E-state index contributed by atoms with van der Waals surface area (Å²) in [7, 11) is 0. The second-order valence-corrected chi connectivity index (χ2v) is 6.41. The van der Waals surface area contributed by atoms with E-state index in [-0.39, 0.29) is 11.0 Å². The molecule has 2 aromatic rings. The van der Waals surface area contributed by atoms with Gasteiger partial charge in [-0.15, -0.1) is 0 Å². The molecule has 0 heterocycles. The van der Waals surface area contributed by atoms with Gasteiger partial charge in [0.25, 0.3) is 5.91 Å². The lowest BCUT2D eigenvalue weighted by molar-refractivity contribution is 0.0978. The van der Waals surface area contributed by atoms with Crippen molar-refractivity contribution in [2.24, 2.45) is 0 Å². The van der Waals surface area contributed by atoms with E-state index in [1.54, 1.807) is 24.3 Å². The van der Waals surface area contributed by atoms with Crippen LogP contribution in [0.25, 0.3) is 0 Å². The Bertz CT molecular complexity index is 706. The fourth-order valence-electron chi connectivity index (χ4n) is 1.74. The zero-order valence-corrected chi connectivity index (χ0v) is 14.8. The van der Waals surface area contributed by atoms with Gasteiger partial charge in [0.2, 0.25) is 0 Å². The highest BCUT2D eigenvalue weighted by molar-refractivity contribution is 14.1. The molecule has 0 spiro atoms. The van der Waals surface area contributed by atoms with Crippen LogP contribution in [0.4, 0.5) is 5.69 Å². The Kier molecular flexibility index (Phi) is 5.55. The molecule has 2 aromatic carbocycles. The number of anilines is 1. The van der Waals surface area contributed by atoms with Crippen LogP contribution in [-0.2, 0) is 0 Å². The molecule has 0 radical (unpaired) electrons. The van der Waals surface area contributed by atoms with Crippen LogP contribution in [0.15, 0.2) is 42.5 Å². The van der Waals surface area contributed by atoms with Gasteiger partial charge < -0.3 is 5.32 Å². The topological polar surface area (TPSA) is 41.1 Å². The van der Waals surface area contributed by atoms with Crippen LogP contribution in [0.5, 0.6) is 0 Å². The quantitative estimate of drug-likeness (QED) is 0.549. The van der Waals surface area contributed by atoms with Crippen LogP contribution in [0, 0.1) is 10.5 Å². The molecule has 108 valence electrons. The summed E-state index contributed by atoms with van der Waals surface area (Å²) in [5, 5.41) is 6.26. The monoisotopic (exact) mass is 430 g/mol. The molecule has 0 aliphatic heterocycles. The van der Waals surface area contributed by atoms with E-state index in [9.17, 15) is 4.79 Å². The molecule has 0 unspecified atom stereocenters. The van der Waals surface area contributed by atoms with Crippen molar-refractivity contribution >= 4 is 63.1 Å². The molecule has 0 fully saturated rings. The third kappa shape index (κ3) is 4.39. The molecule has 3 nitrogen and oxygen atoms in total. The number of amides is 1. The van der Waals surface area contributed by atoms with Crippen LogP contribution in [0.2, 0.25) is 5.02 Å². The van der Waals surface area contributed by atoms with Gasteiger partial charge in [0.15, 0.2) is 5.11 Å². The maximum atomic E-state index is 12.1. The molecule has 0 saturated carbocycles. The van der Waals surface area contributed by atoms with E-state index in [1.807, 2.05) is 25.1 Å². The lowest BCUT2D eigenvalue weighted by Gasteiger charge is -2.12.